The summed E-state index contributed by atoms with van der Waals surface area (Å²) in [5, 5.41) is 16.5. The minimum atomic E-state index is -0.619. The molecule has 0 atom stereocenters. The molecular weight excluding hydrogens is 130 g/mol. The molecule has 54 valence electrons. The molecule has 0 aliphatic heterocycles. The van der Waals surface area contributed by atoms with Crippen LogP contribution >= 0.6 is 0 Å². The summed E-state index contributed by atoms with van der Waals surface area (Å²) in [7, 11) is 0. The van der Waals surface area contributed by atoms with Crippen LogP contribution in [0.1, 0.15) is 6.92 Å². The van der Waals surface area contributed by atoms with Crippen LogP contribution in [-0.2, 0) is 4.84 Å². The molecule has 0 amide bonds. The monoisotopic (exact) mass is 139 g/mol. The Morgan fingerprint density at radius 2 is 2.10 bits per heavy atom. The van der Waals surface area contributed by atoms with Crippen molar-refractivity contribution < 1.29 is 4.84 Å². The zero-order valence-electron chi connectivity index (χ0n) is 5.79. The van der Waals surface area contributed by atoms with Gasteiger partial charge in [-0.3, -0.25) is 0 Å². The van der Waals surface area contributed by atoms with Crippen LogP contribution in [0.4, 0.5) is 0 Å². The zero-order chi connectivity index (χ0) is 7.82. The van der Waals surface area contributed by atoms with E-state index in [9.17, 15) is 0 Å². The Morgan fingerprint density at radius 3 is 2.50 bits per heavy atom. The second-order valence-corrected chi connectivity index (χ2v) is 1.59. The number of nitriles is 2. The highest BCUT2D eigenvalue weighted by Gasteiger charge is 2.02. The fraction of sp³-hybridized carbons (Fsp3) is 0.667. The van der Waals surface area contributed by atoms with Crippen molar-refractivity contribution in [3.63, 3.8) is 0 Å². The van der Waals surface area contributed by atoms with E-state index < -0.39 is 5.92 Å². The van der Waals surface area contributed by atoms with E-state index in [0.717, 1.165) is 0 Å². The Hall–Kier alpha value is -1.10. The van der Waals surface area contributed by atoms with Gasteiger partial charge in [-0.15, -0.1) is 0 Å². The van der Waals surface area contributed by atoms with Crippen molar-refractivity contribution in [3.05, 3.63) is 0 Å². The molecule has 0 spiro atoms. The van der Waals surface area contributed by atoms with Crippen molar-refractivity contribution in [2.24, 2.45) is 5.92 Å². The van der Waals surface area contributed by atoms with Crippen LogP contribution in [0.15, 0.2) is 0 Å². The summed E-state index contributed by atoms with van der Waals surface area (Å²) in [6, 6.07) is 3.61. The molecule has 0 rings (SSSR count). The van der Waals surface area contributed by atoms with Gasteiger partial charge in [-0.1, -0.05) is 0 Å². The van der Waals surface area contributed by atoms with Crippen LogP contribution in [0.25, 0.3) is 0 Å². The second-order valence-electron chi connectivity index (χ2n) is 1.59. The molecule has 0 unspecified atom stereocenters. The summed E-state index contributed by atoms with van der Waals surface area (Å²) < 4.78 is 0. The molecule has 10 heavy (non-hydrogen) atoms. The summed E-state index contributed by atoms with van der Waals surface area (Å²) >= 11 is 0. The van der Waals surface area contributed by atoms with Gasteiger partial charge >= 0.3 is 0 Å². The maximum Gasteiger partial charge on any atom is 0.148 e. The average molecular weight is 139 g/mol. The Labute approximate surface area is 60.0 Å². The molecule has 4 heteroatoms. The van der Waals surface area contributed by atoms with E-state index in [0.29, 0.717) is 6.61 Å². The van der Waals surface area contributed by atoms with E-state index in [2.05, 4.69) is 5.48 Å². The van der Waals surface area contributed by atoms with E-state index in [1.54, 1.807) is 0 Å². The molecule has 4 nitrogen and oxygen atoms in total. The molecule has 0 saturated carbocycles. The van der Waals surface area contributed by atoms with Gasteiger partial charge in [0, 0.05) is 0 Å². The fourth-order valence-electron chi connectivity index (χ4n) is 0.364. The Balaban J connectivity index is 3.31. The number of nitrogens with zero attached hydrogens (tertiary/aromatic N) is 2. The number of hydroxylamine groups is 1. The van der Waals surface area contributed by atoms with E-state index in [-0.39, 0.29) is 6.54 Å². The maximum atomic E-state index is 8.26. The Bertz CT molecular complexity index is 141. The topological polar surface area (TPSA) is 68.8 Å². The lowest BCUT2D eigenvalue weighted by Gasteiger charge is -2.01. The molecule has 0 bridgehead atoms. The molecule has 0 saturated heterocycles. The SMILES string of the molecule is CCONCC(C#N)C#N. The second kappa shape index (κ2) is 6.03. The number of hydrogen-bond acceptors (Lipinski definition) is 4. The van der Waals surface area contributed by atoms with E-state index in [1.807, 2.05) is 19.1 Å². The summed E-state index contributed by atoms with van der Waals surface area (Å²) in [5.41, 5.74) is 2.49. The first-order valence-electron chi connectivity index (χ1n) is 2.99. The molecule has 1 N–H and O–H groups in total. The van der Waals surface area contributed by atoms with Gasteiger partial charge in [0.05, 0.1) is 25.3 Å². The quantitative estimate of drug-likeness (QED) is 0.446. The third-order valence-electron chi connectivity index (χ3n) is 0.846. The maximum absolute atomic E-state index is 8.26. The van der Waals surface area contributed by atoms with Crippen LogP contribution in [0.5, 0.6) is 0 Å². The molecule has 0 aliphatic carbocycles. The summed E-state index contributed by atoms with van der Waals surface area (Å²) in [6.45, 7) is 2.62. The van der Waals surface area contributed by atoms with Gasteiger partial charge in [-0.05, 0) is 6.92 Å². The largest absolute Gasteiger partial charge is 0.302 e. The smallest absolute Gasteiger partial charge is 0.148 e. The van der Waals surface area contributed by atoms with Gasteiger partial charge in [0.1, 0.15) is 5.92 Å². The van der Waals surface area contributed by atoms with Crippen molar-refractivity contribution in [1.82, 2.24) is 5.48 Å². The number of nitrogens with one attached hydrogen (secondary N) is 1. The van der Waals surface area contributed by atoms with Gasteiger partial charge < -0.3 is 4.84 Å². The fourth-order valence-corrected chi connectivity index (χ4v) is 0.364. The average Bonchev–Trinajstić information content (AvgIpc) is 1.99. The van der Waals surface area contributed by atoms with Crippen LogP contribution < -0.4 is 5.48 Å². The van der Waals surface area contributed by atoms with Gasteiger partial charge in [0.15, 0.2) is 0 Å². The molecule has 0 aliphatic rings. The lowest BCUT2D eigenvalue weighted by Crippen LogP contribution is -2.21. The van der Waals surface area contributed by atoms with E-state index in [4.69, 9.17) is 15.4 Å². The highest BCUT2D eigenvalue weighted by Crippen LogP contribution is 1.86. The predicted octanol–water partition coefficient (Wildman–Crippen LogP) is 0.191. The first-order chi connectivity index (χ1) is 4.85. The minimum Gasteiger partial charge on any atom is -0.302 e. The Kier molecular flexibility index (Phi) is 5.36. The highest BCUT2D eigenvalue weighted by atomic mass is 16.6. The zero-order valence-corrected chi connectivity index (χ0v) is 5.79. The van der Waals surface area contributed by atoms with Crippen molar-refractivity contribution in [2.45, 2.75) is 6.92 Å². The third kappa shape index (κ3) is 3.85. The molecule has 0 fully saturated rings. The Morgan fingerprint density at radius 1 is 1.50 bits per heavy atom. The van der Waals surface area contributed by atoms with E-state index >= 15 is 0 Å². The molecule has 0 aromatic rings. The third-order valence-corrected chi connectivity index (χ3v) is 0.846. The summed E-state index contributed by atoms with van der Waals surface area (Å²) in [4.78, 5) is 4.72. The van der Waals surface area contributed by atoms with Gasteiger partial charge in [0.25, 0.3) is 0 Å². The van der Waals surface area contributed by atoms with Gasteiger partial charge in [-0.2, -0.15) is 10.5 Å². The summed E-state index contributed by atoms with van der Waals surface area (Å²) in [5.74, 6) is -0.619. The lowest BCUT2D eigenvalue weighted by atomic mass is 10.2. The number of hydrogen-bond donors (Lipinski definition) is 1. The van der Waals surface area contributed by atoms with Crippen molar-refractivity contribution in [1.29, 1.82) is 10.5 Å². The normalized spacial score (nSPS) is 8.80. The predicted molar refractivity (Wildman–Crippen MR) is 34.3 cm³/mol. The highest BCUT2D eigenvalue weighted by molar-refractivity contribution is 4.99. The molecular formula is C6H9N3O. The van der Waals surface area contributed by atoms with Gasteiger partial charge in [-0.25, -0.2) is 5.48 Å². The van der Waals surface area contributed by atoms with E-state index in [1.165, 1.54) is 0 Å². The lowest BCUT2D eigenvalue weighted by molar-refractivity contribution is 0.0487. The molecule has 0 aromatic heterocycles. The standard InChI is InChI=1S/C6H9N3O/c1-2-10-9-5-6(3-7)4-8/h6,9H,2,5H2,1H3. The first kappa shape index (κ1) is 8.90. The van der Waals surface area contributed by atoms with Crippen molar-refractivity contribution in [3.8, 4) is 12.1 Å². The van der Waals surface area contributed by atoms with Crippen molar-refractivity contribution in [2.75, 3.05) is 13.2 Å². The van der Waals surface area contributed by atoms with Gasteiger partial charge in [0.2, 0.25) is 0 Å². The molecule has 0 aromatic carbocycles. The molecule has 0 heterocycles. The summed E-state index contributed by atoms with van der Waals surface area (Å²) in [6.07, 6.45) is 0. The first-order valence-corrected chi connectivity index (χ1v) is 2.99. The van der Waals surface area contributed by atoms with Crippen LogP contribution in [0.2, 0.25) is 0 Å². The van der Waals surface area contributed by atoms with Crippen LogP contribution in [0.3, 0.4) is 0 Å². The van der Waals surface area contributed by atoms with Crippen LogP contribution in [-0.4, -0.2) is 13.2 Å². The minimum absolute atomic E-state index is 0.265. The van der Waals surface area contributed by atoms with Crippen molar-refractivity contribution >= 4 is 0 Å². The van der Waals surface area contributed by atoms with Crippen LogP contribution in [0, 0.1) is 28.6 Å². The molecule has 0 radical (unpaired) electrons. The number of rotatable bonds is 4.